The molecule has 1 unspecified atom stereocenters. The van der Waals surface area contributed by atoms with Crippen LogP contribution in [0.1, 0.15) is 24.9 Å². The number of hydrogen-bond acceptors (Lipinski definition) is 3. The third-order valence-electron chi connectivity index (χ3n) is 3.33. The highest BCUT2D eigenvalue weighted by atomic mass is 16.5. The summed E-state index contributed by atoms with van der Waals surface area (Å²) in [6.45, 7) is 3.87. The van der Waals surface area contributed by atoms with Gasteiger partial charge in [0.1, 0.15) is 0 Å². The van der Waals surface area contributed by atoms with Crippen molar-refractivity contribution in [3.8, 4) is 0 Å². The molecular formula is C16H23N3O. The molecule has 4 nitrogen and oxygen atoms in total. The summed E-state index contributed by atoms with van der Waals surface area (Å²) >= 11 is 0. The quantitative estimate of drug-likeness (QED) is 0.751. The lowest BCUT2D eigenvalue weighted by atomic mass is 10.1. The Bertz CT molecular complexity index is 495. The van der Waals surface area contributed by atoms with E-state index in [1.807, 2.05) is 18.5 Å². The van der Waals surface area contributed by atoms with Gasteiger partial charge in [0, 0.05) is 38.7 Å². The van der Waals surface area contributed by atoms with Crippen molar-refractivity contribution in [3.63, 3.8) is 0 Å². The van der Waals surface area contributed by atoms with Crippen molar-refractivity contribution in [3.05, 3.63) is 48.3 Å². The summed E-state index contributed by atoms with van der Waals surface area (Å²) in [5.41, 5.74) is 1.35. The Morgan fingerprint density at radius 1 is 1.30 bits per heavy atom. The Kier molecular flexibility index (Phi) is 5.62. The Balaban J connectivity index is 1.93. The van der Waals surface area contributed by atoms with Crippen LogP contribution in [0.5, 0.6) is 0 Å². The van der Waals surface area contributed by atoms with Crippen LogP contribution in [0.3, 0.4) is 0 Å². The second-order valence-corrected chi connectivity index (χ2v) is 4.97. The molecule has 1 aromatic heterocycles. The lowest BCUT2D eigenvalue weighted by molar-refractivity contribution is 0.197. The van der Waals surface area contributed by atoms with E-state index in [1.165, 1.54) is 5.56 Å². The molecule has 1 aromatic carbocycles. The van der Waals surface area contributed by atoms with Gasteiger partial charge in [-0.2, -0.15) is 0 Å². The van der Waals surface area contributed by atoms with Gasteiger partial charge in [0.2, 0.25) is 5.95 Å². The summed E-state index contributed by atoms with van der Waals surface area (Å²) in [6.07, 6.45) is 5.87. The third-order valence-corrected chi connectivity index (χ3v) is 3.33. The number of nitrogens with one attached hydrogen (secondary N) is 1. The Labute approximate surface area is 120 Å². The SMILES string of the molecule is COCCCNc1nccn1C(C)Cc1ccccc1. The van der Waals surface area contributed by atoms with Crippen LogP contribution in [-0.2, 0) is 11.2 Å². The molecule has 0 aliphatic heterocycles. The van der Waals surface area contributed by atoms with E-state index >= 15 is 0 Å². The zero-order valence-electron chi connectivity index (χ0n) is 12.2. The number of ether oxygens (including phenoxy) is 1. The molecule has 0 spiro atoms. The second kappa shape index (κ2) is 7.70. The first-order valence-corrected chi connectivity index (χ1v) is 7.11. The predicted molar refractivity (Wildman–Crippen MR) is 82.1 cm³/mol. The Hall–Kier alpha value is -1.81. The fraction of sp³-hybridized carbons (Fsp3) is 0.438. The molecule has 20 heavy (non-hydrogen) atoms. The molecule has 0 aliphatic rings. The monoisotopic (exact) mass is 273 g/mol. The number of nitrogens with zero attached hydrogens (tertiary/aromatic N) is 2. The number of aromatic nitrogens is 2. The first kappa shape index (κ1) is 14.6. The number of methoxy groups -OCH3 is 1. The molecule has 0 saturated heterocycles. The molecule has 1 N–H and O–H groups in total. The van der Waals surface area contributed by atoms with E-state index in [9.17, 15) is 0 Å². The maximum Gasteiger partial charge on any atom is 0.203 e. The minimum Gasteiger partial charge on any atom is -0.385 e. The summed E-state index contributed by atoms with van der Waals surface area (Å²) in [5, 5.41) is 3.37. The molecule has 0 aliphatic carbocycles. The zero-order valence-corrected chi connectivity index (χ0v) is 12.2. The van der Waals surface area contributed by atoms with Crippen molar-refractivity contribution in [2.45, 2.75) is 25.8 Å². The van der Waals surface area contributed by atoms with Gasteiger partial charge in [-0.3, -0.25) is 0 Å². The van der Waals surface area contributed by atoms with Crippen LogP contribution in [0, 0.1) is 0 Å². The highest BCUT2D eigenvalue weighted by Crippen LogP contribution is 2.18. The Morgan fingerprint density at radius 2 is 2.10 bits per heavy atom. The van der Waals surface area contributed by atoms with Gasteiger partial charge in [-0.1, -0.05) is 30.3 Å². The zero-order chi connectivity index (χ0) is 14.2. The van der Waals surface area contributed by atoms with E-state index in [-0.39, 0.29) is 0 Å². The van der Waals surface area contributed by atoms with Crippen LogP contribution >= 0.6 is 0 Å². The largest absolute Gasteiger partial charge is 0.385 e. The van der Waals surface area contributed by atoms with E-state index in [2.05, 4.69) is 46.1 Å². The van der Waals surface area contributed by atoms with E-state index in [1.54, 1.807) is 7.11 Å². The topological polar surface area (TPSA) is 39.1 Å². The van der Waals surface area contributed by atoms with E-state index in [0.29, 0.717) is 6.04 Å². The first-order valence-electron chi connectivity index (χ1n) is 7.11. The van der Waals surface area contributed by atoms with Crippen molar-refractivity contribution < 1.29 is 4.74 Å². The number of rotatable bonds is 8. The minimum absolute atomic E-state index is 0.379. The second-order valence-electron chi connectivity index (χ2n) is 4.97. The van der Waals surface area contributed by atoms with Crippen molar-refractivity contribution in [2.75, 3.05) is 25.6 Å². The van der Waals surface area contributed by atoms with E-state index < -0.39 is 0 Å². The van der Waals surface area contributed by atoms with Gasteiger partial charge in [-0.25, -0.2) is 4.98 Å². The van der Waals surface area contributed by atoms with Gasteiger partial charge < -0.3 is 14.6 Å². The van der Waals surface area contributed by atoms with Crippen LogP contribution in [0.15, 0.2) is 42.7 Å². The van der Waals surface area contributed by atoms with Crippen LogP contribution in [0.25, 0.3) is 0 Å². The summed E-state index contributed by atoms with van der Waals surface area (Å²) in [6, 6.07) is 10.9. The first-order chi connectivity index (χ1) is 9.81. The molecule has 1 atom stereocenters. The lowest BCUT2D eigenvalue weighted by Crippen LogP contribution is -2.14. The van der Waals surface area contributed by atoms with Crippen LogP contribution in [0.4, 0.5) is 5.95 Å². The third kappa shape index (κ3) is 4.10. The van der Waals surface area contributed by atoms with Crippen molar-refractivity contribution in [2.24, 2.45) is 0 Å². The molecule has 0 bridgehead atoms. The molecule has 2 rings (SSSR count). The summed E-state index contributed by atoms with van der Waals surface area (Å²) in [5.74, 6) is 0.935. The summed E-state index contributed by atoms with van der Waals surface area (Å²) in [7, 11) is 1.73. The molecule has 0 amide bonds. The molecule has 0 saturated carbocycles. The number of hydrogen-bond donors (Lipinski definition) is 1. The maximum atomic E-state index is 5.05. The van der Waals surface area contributed by atoms with Crippen LogP contribution in [0.2, 0.25) is 0 Å². The van der Waals surface area contributed by atoms with Gasteiger partial charge in [0.25, 0.3) is 0 Å². The smallest absolute Gasteiger partial charge is 0.203 e. The highest BCUT2D eigenvalue weighted by Gasteiger charge is 2.10. The molecular weight excluding hydrogens is 250 g/mol. The van der Waals surface area contributed by atoms with Crippen molar-refractivity contribution in [1.82, 2.24) is 9.55 Å². The number of benzene rings is 1. The van der Waals surface area contributed by atoms with Crippen molar-refractivity contribution in [1.29, 1.82) is 0 Å². The number of imidazole rings is 1. The standard InChI is InChI=1S/C16H23N3O/c1-14(13-15-7-4-3-5-8-15)19-11-10-18-16(19)17-9-6-12-20-2/h3-5,7-8,10-11,14H,6,9,12-13H2,1-2H3,(H,17,18). The Morgan fingerprint density at radius 3 is 2.85 bits per heavy atom. The highest BCUT2D eigenvalue weighted by molar-refractivity contribution is 5.27. The molecule has 108 valence electrons. The van der Waals surface area contributed by atoms with Crippen molar-refractivity contribution >= 4 is 5.95 Å². The van der Waals surface area contributed by atoms with Gasteiger partial charge in [0.05, 0.1) is 0 Å². The average molecular weight is 273 g/mol. The van der Waals surface area contributed by atoms with Gasteiger partial charge >= 0.3 is 0 Å². The fourth-order valence-electron chi connectivity index (χ4n) is 2.28. The molecule has 0 radical (unpaired) electrons. The molecule has 0 fully saturated rings. The predicted octanol–water partition coefficient (Wildman–Crippen LogP) is 3.14. The average Bonchev–Trinajstić information content (AvgIpc) is 2.93. The number of anilines is 1. The minimum atomic E-state index is 0.379. The molecule has 4 heteroatoms. The van der Waals surface area contributed by atoms with Crippen LogP contribution < -0.4 is 5.32 Å². The van der Waals surface area contributed by atoms with E-state index in [0.717, 1.165) is 31.9 Å². The maximum absolute atomic E-state index is 5.05. The molecule has 1 heterocycles. The van der Waals surface area contributed by atoms with Gasteiger partial charge in [0.15, 0.2) is 0 Å². The summed E-state index contributed by atoms with van der Waals surface area (Å²) < 4.78 is 7.24. The van der Waals surface area contributed by atoms with Gasteiger partial charge in [-0.15, -0.1) is 0 Å². The van der Waals surface area contributed by atoms with E-state index in [4.69, 9.17) is 4.74 Å². The fourth-order valence-corrected chi connectivity index (χ4v) is 2.28. The molecule has 2 aromatic rings. The van der Waals surface area contributed by atoms with Gasteiger partial charge in [-0.05, 0) is 25.3 Å². The lowest BCUT2D eigenvalue weighted by Gasteiger charge is -2.17. The normalized spacial score (nSPS) is 12.3. The summed E-state index contributed by atoms with van der Waals surface area (Å²) in [4.78, 5) is 4.39. The van der Waals surface area contributed by atoms with Crippen LogP contribution in [-0.4, -0.2) is 29.8 Å².